The number of anilines is 1. The van der Waals surface area contributed by atoms with Crippen LogP contribution in [0.3, 0.4) is 0 Å². The summed E-state index contributed by atoms with van der Waals surface area (Å²) in [5.41, 5.74) is 0.814. The molecule has 11 heteroatoms. The Morgan fingerprint density at radius 1 is 1.07 bits per heavy atom. The highest BCUT2D eigenvalue weighted by Crippen LogP contribution is 2.29. The second-order valence-electron chi connectivity index (χ2n) is 12.9. The van der Waals surface area contributed by atoms with Crippen LogP contribution < -0.4 is 20.7 Å². The van der Waals surface area contributed by atoms with E-state index in [4.69, 9.17) is 9.47 Å². The van der Waals surface area contributed by atoms with Crippen LogP contribution in [0.5, 0.6) is 5.75 Å². The van der Waals surface area contributed by atoms with E-state index in [0.29, 0.717) is 36.7 Å². The molecule has 0 radical (unpaired) electrons. The van der Waals surface area contributed by atoms with E-state index in [0.717, 1.165) is 44.9 Å². The van der Waals surface area contributed by atoms with E-state index in [-0.39, 0.29) is 54.8 Å². The molecule has 0 unspecified atom stereocenters. The molecule has 1 aliphatic heterocycles. The Hall–Kier alpha value is -3.05. The number of rotatable bonds is 7. The van der Waals surface area contributed by atoms with Crippen LogP contribution in [-0.2, 0) is 4.74 Å². The maximum absolute atomic E-state index is 14.3. The molecular formula is C33H55N5O6. The van der Waals surface area contributed by atoms with E-state index in [1.54, 1.807) is 42.0 Å². The Balaban J connectivity index is 1.88. The summed E-state index contributed by atoms with van der Waals surface area (Å²) in [7, 11) is 1.74. The summed E-state index contributed by atoms with van der Waals surface area (Å²) < 4.78 is 12.6. The Labute approximate surface area is 263 Å². The van der Waals surface area contributed by atoms with E-state index in [1.165, 1.54) is 6.42 Å². The van der Waals surface area contributed by atoms with Gasteiger partial charge in [0.15, 0.2) is 0 Å². The van der Waals surface area contributed by atoms with Crippen LogP contribution in [-0.4, -0.2) is 96.6 Å². The van der Waals surface area contributed by atoms with E-state index in [9.17, 15) is 19.5 Å². The molecule has 4 atom stereocenters. The molecule has 4 N–H and O–H groups in total. The number of ether oxygens (including phenoxy) is 2. The third kappa shape index (κ3) is 10.8. The number of nitrogens with one attached hydrogen (secondary N) is 3. The maximum atomic E-state index is 14.3. The van der Waals surface area contributed by atoms with Crippen molar-refractivity contribution >= 4 is 23.7 Å². The van der Waals surface area contributed by atoms with E-state index < -0.39 is 6.04 Å². The van der Waals surface area contributed by atoms with E-state index in [2.05, 4.69) is 16.0 Å². The van der Waals surface area contributed by atoms with Crippen LogP contribution in [0.1, 0.15) is 96.3 Å². The van der Waals surface area contributed by atoms with Crippen molar-refractivity contribution in [2.24, 2.45) is 5.92 Å². The first-order valence-electron chi connectivity index (χ1n) is 16.4. The summed E-state index contributed by atoms with van der Waals surface area (Å²) in [6.07, 6.45) is 7.36. The molecule has 0 spiro atoms. The average molecular weight is 618 g/mol. The van der Waals surface area contributed by atoms with Gasteiger partial charge in [-0.2, -0.15) is 0 Å². The molecule has 1 aliphatic carbocycles. The molecule has 11 nitrogen and oxygen atoms in total. The number of carbonyl (C=O) groups excluding carboxylic acids is 3. The predicted octanol–water partition coefficient (Wildman–Crippen LogP) is 4.99. The number of likely N-dealkylation sites (N-methyl/N-ethyl adjacent to an activating group) is 1. The van der Waals surface area contributed by atoms with Crippen molar-refractivity contribution in [3.8, 4) is 5.75 Å². The van der Waals surface area contributed by atoms with Crippen LogP contribution in [0, 0.1) is 5.92 Å². The number of aliphatic hydroxyl groups excluding tert-OH is 1. The van der Waals surface area contributed by atoms with Crippen LogP contribution in [0.15, 0.2) is 18.2 Å². The van der Waals surface area contributed by atoms with Crippen molar-refractivity contribution < 1.29 is 29.0 Å². The van der Waals surface area contributed by atoms with Crippen LogP contribution in [0.4, 0.5) is 15.3 Å². The molecule has 0 aromatic heterocycles. The van der Waals surface area contributed by atoms with Gasteiger partial charge in [-0.3, -0.25) is 4.79 Å². The molecule has 1 fully saturated rings. The molecule has 248 valence electrons. The summed E-state index contributed by atoms with van der Waals surface area (Å²) in [6, 6.07) is 4.36. The molecule has 0 bridgehead atoms. The van der Waals surface area contributed by atoms with Crippen molar-refractivity contribution in [1.29, 1.82) is 0 Å². The first kappa shape index (κ1) is 35.4. The minimum absolute atomic E-state index is 0.00722. The van der Waals surface area contributed by atoms with Crippen LogP contribution in [0.2, 0.25) is 0 Å². The lowest BCUT2D eigenvalue weighted by molar-refractivity contribution is -0.0122. The van der Waals surface area contributed by atoms with Gasteiger partial charge in [-0.05, 0) is 78.0 Å². The number of fused-ring (bicyclic) bond motifs is 1. The van der Waals surface area contributed by atoms with E-state index >= 15 is 0 Å². The van der Waals surface area contributed by atoms with Crippen molar-refractivity contribution in [3.63, 3.8) is 0 Å². The van der Waals surface area contributed by atoms with Gasteiger partial charge in [0.05, 0.1) is 30.4 Å². The van der Waals surface area contributed by atoms with Gasteiger partial charge in [0.2, 0.25) is 0 Å². The standard InChI is InChI=1S/C33H55N5O6/c1-22(2)34-33(42)37(6)20-30-23(3)19-38(24(4)21-39)31(40)28-18-27(36-32(41)35-26-13-8-7-9-14-26)15-16-29(28)44-25(5)12-10-11-17-43-30/h15-16,18,22-26,30,39H,7-14,17,19-21H2,1-6H3,(H,34,42)(H2,35,36,41)/t23-,24-,25+,30-/m0/s1. The van der Waals surface area contributed by atoms with Crippen LogP contribution >= 0.6 is 0 Å². The number of hydrogen-bond acceptors (Lipinski definition) is 6. The molecule has 2 aliphatic rings. The number of aliphatic hydroxyl groups is 1. The molecule has 1 aromatic rings. The minimum Gasteiger partial charge on any atom is -0.490 e. The molecule has 5 amide bonds. The number of carbonyl (C=O) groups is 3. The van der Waals surface area contributed by atoms with Gasteiger partial charge >= 0.3 is 12.1 Å². The highest BCUT2D eigenvalue weighted by molar-refractivity contribution is 5.99. The Morgan fingerprint density at radius 3 is 2.45 bits per heavy atom. The van der Waals surface area contributed by atoms with Gasteiger partial charge < -0.3 is 40.3 Å². The topological polar surface area (TPSA) is 132 Å². The van der Waals surface area contributed by atoms with Gasteiger partial charge in [0.1, 0.15) is 5.75 Å². The summed E-state index contributed by atoms with van der Waals surface area (Å²) in [5, 5.41) is 19.0. The normalized spacial score (nSPS) is 23.1. The smallest absolute Gasteiger partial charge is 0.319 e. The Bertz CT molecular complexity index is 1080. The van der Waals surface area contributed by atoms with Gasteiger partial charge in [-0.25, -0.2) is 9.59 Å². The Morgan fingerprint density at radius 2 is 1.77 bits per heavy atom. The molecule has 3 rings (SSSR count). The first-order chi connectivity index (χ1) is 21.0. The highest BCUT2D eigenvalue weighted by Gasteiger charge is 2.31. The summed E-state index contributed by atoms with van der Waals surface area (Å²) in [5.74, 6) is -0.0202. The molecular weight excluding hydrogens is 562 g/mol. The zero-order valence-corrected chi connectivity index (χ0v) is 27.6. The SMILES string of the molecule is CC(C)NC(=O)N(C)C[C@@H]1OCCCC[C@@H](C)Oc2ccc(NC(=O)NC3CCCCC3)cc2C(=O)N([C@@H](C)CO)C[C@@H]1C. The number of hydrogen-bond donors (Lipinski definition) is 4. The second-order valence-corrected chi connectivity index (χ2v) is 12.9. The zero-order valence-electron chi connectivity index (χ0n) is 27.6. The lowest BCUT2D eigenvalue weighted by Crippen LogP contribution is -2.49. The average Bonchev–Trinajstić information content (AvgIpc) is 2.98. The highest BCUT2D eigenvalue weighted by atomic mass is 16.5. The predicted molar refractivity (Wildman–Crippen MR) is 172 cm³/mol. The maximum Gasteiger partial charge on any atom is 0.319 e. The van der Waals surface area contributed by atoms with Crippen LogP contribution in [0.25, 0.3) is 0 Å². The fourth-order valence-electron chi connectivity index (χ4n) is 5.77. The van der Waals surface area contributed by atoms with Crippen molar-refractivity contribution in [2.75, 3.05) is 38.7 Å². The fourth-order valence-corrected chi connectivity index (χ4v) is 5.77. The number of urea groups is 2. The van der Waals surface area contributed by atoms with Crippen molar-refractivity contribution in [1.82, 2.24) is 20.4 Å². The van der Waals surface area contributed by atoms with Crippen molar-refractivity contribution in [2.45, 2.75) is 116 Å². The van der Waals surface area contributed by atoms with Gasteiger partial charge in [0.25, 0.3) is 5.91 Å². The lowest BCUT2D eigenvalue weighted by atomic mass is 9.96. The minimum atomic E-state index is -0.489. The van der Waals surface area contributed by atoms with Gasteiger partial charge in [-0.1, -0.05) is 26.2 Å². The first-order valence-corrected chi connectivity index (χ1v) is 16.4. The molecule has 1 heterocycles. The Kier molecular flexibility index (Phi) is 14.0. The third-order valence-corrected chi connectivity index (χ3v) is 8.46. The largest absolute Gasteiger partial charge is 0.490 e. The van der Waals surface area contributed by atoms with Gasteiger partial charge in [-0.15, -0.1) is 0 Å². The second kappa shape index (κ2) is 17.4. The number of benzene rings is 1. The quantitative estimate of drug-likeness (QED) is 0.341. The number of amides is 5. The molecule has 44 heavy (non-hydrogen) atoms. The summed E-state index contributed by atoms with van der Waals surface area (Å²) in [6.45, 7) is 10.6. The monoisotopic (exact) mass is 617 g/mol. The molecule has 0 saturated heterocycles. The van der Waals surface area contributed by atoms with Gasteiger partial charge in [0, 0.05) is 50.4 Å². The summed E-state index contributed by atoms with van der Waals surface area (Å²) in [4.78, 5) is 43.0. The molecule has 1 aromatic carbocycles. The summed E-state index contributed by atoms with van der Waals surface area (Å²) >= 11 is 0. The fraction of sp³-hybridized carbons (Fsp3) is 0.727. The van der Waals surface area contributed by atoms with E-state index in [1.807, 2.05) is 27.7 Å². The zero-order chi connectivity index (χ0) is 32.2. The third-order valence-electron chi connectivity index (χ3n) is 8.46. The number of nitrogens with zero attached hydrogens (tertiary/aromatic N) is 2. The van der Waals surface area contributed by atoms with Crippen molar-refractivity contribution in [3.05, 3.63) is 23.8 Å². The molecule has 1 saturated carbocycles. The lowest BCUT2D eigenvalue weighted by Gasteiger charge is -2.36.